The van der Waals surface area contributed by atoms with E-state index < -0.39 is 0 Å². The van der Waals surface area contributed by atoms with Crippen molar-refractivity contribution in [3.63, 3.8) is 0 Å². The maximum atomic E-state index is 12.5. The van der Waals surface area contributed by atoms with Crippen LogP contribution >= 0.6 is 23.2 Å². The van der Waals surface area contributed by atoms with Crippen LogP contribution in [-0.2, 0) is 9.59 Å². The fourth-order valence-corrected chi connectivity index (χ4v) is 3.56. The zero-order valence-corrected chi connectivity index (χ0v) is 16.8. The van der Waals surface area contributed by atoms with Gasteiger partial charge >= 0.3 is 0 Å². The number of halogens is 2. The van der Waals surface area contributed by atoms with Gasteiger partial charge in [-0.2, -0.15) is 0 Å². The summed E-state index contributed by atoms with van der Waals surface area (Å²) in [6.45, 7) is 8.69. The van der Waals surface area contributed by atoms with Crippen molar-refractivity contribution in [1.29, 1.82) is 0 Å². The number of hydrogen-bond donors (Lipinski definition) is 4. The van der Waals surface area contributed by atoms with E-state index >= 15 is 0 Å². The molecule has 0 spiro atoms. The van der Waals surface area contributed by atoms with Gasteiger partial charge in [0.25, 0.3) is 11.8 Å². The largest absolute Gasteiger partial charge is 0.351 e. The Labute approximate surface area is 164 Å². The molecular weight excluding hydrogens is 375 g/mol. The highest BCUT2D eigenvalue weighted by molar-refractivity contribution is 6.36. The third-order valence-electron chi connectivity index (χ3n) is 4.78. The summed E-state index contributed by atoms with van der Waals surface area (Å²) in [5.41, 5.74) is 0.573. The molecular formula is C18H28Cl2N4O2+2. The van der Waals surface area contributed by atoms with Gasteiger partial charge in [-0.25, -0.2) is 0 Å². The van der Waals surface area contributed by atoms with Gasteiger partial charge in [-0.3, -0.25) is 9.59 Å². The lowest BCUT2D eigenvalue weighted by molar-refractivity contribution is -1.01. The molecule has 2 rings (SSSR count). The monoisotopic (exact) mass is 402 g/mol. The van der Waals surface area contributed by atoms with Gasteiger partial charge in [0.15, 0.2) is 12.6 Å². The smallest absolute Gasteiger partial charge is 0.282 e. The molecule has 0 aliphatic carbocycles. The van der Waals surface area contributed by atoms with Gasteiger partial charge in [-0.05, 0) is 31.5 Å². The highest BCUT2D eigenvalue weighted by atomic mass is 35.5. The lowest BCUT2D eigenvalue weighted by atomic mass is 10.2. The Balaban J connectivity index is 1.80. The van der Waals surface area contributed by atoms with Crippen LogP contribution in [0, 0.1) is 0 Å². The fraction of sp³-hybridized carbons (Fsp3) is 0.556. The predicted octanol–water partition coefficient (Wildman–Crippen LogP) is -0.370. The van der Waals surface area contributed by atoms with E-state index in [0.29, 0.717) is 22.3 Å². The number of amides is 2. The first-order chi connectivity index (χ1) is 12.4. The maximum Gasteiger partial charge on any atom is 0.282 e. The zero-order valence-electron chi connectivity index (χ0n) is 15.3. The number of piperazine rings is 1. The first-order valence-electron chi connectivity index (χ1n) is 9.11. The number of carbonyl (C=O) groups is 2. The summed E-state index contributed by atoms with van der Waals surface area (Å²) < 4.78 is 0. The number of hydrogen-bond acceptors (Lipinski definition) is 2. The summed E-state index contributed by atoms with van der Waals surface area (Å²) in [7, 11) is 0. The van der Waals surface area contributed by atoms with E-state index in [1.165, 1.54) is 9.80 Å². The van der Waals surface area contributed by atoms with Crippen molar-refractivity contribution in [2.75, 3.05) is 44.6 Å². The lowest BCUT2D eigenvalue weighted by Crippen LogP contribution is -3.30. The standard InChI is InChI=1S/C18H26Cl2N4O2/c1-3-6-21-17(25)12-23-7-9-24(10-8-23)13(2)18(26)22-16-5-4-14(19)11-15(16)20/h4-5,11,13H,3,6-10,12H2,1-2H3,(H,21,25)(H,22,26)/p+2/t13-/m1/s1. The molecule has 4 N–H and O–H groups in total. The minimum absolute atomic E-state index is 0.0617. The van der Waals surface area contributed by atoms with E-state index in [-0.39, 0.29) is 17.9 Å². The van der Waals surface area contributed by atoms with E-state index in [0.717, 1.165) is 39.1 Å². The molecule has 1 atom stereocenters. The third kappa shape index (κ3) is 6.13. The van der Waals surface area contributed by atoms with Crippen molar-refractivity contribution < 1.29 is 19.4 Å². The Morgan fingerprint density at radius 2 is 1.88 bits per heavy atom. The second-order valence-electron chi connectivity index (χ2n) is 6.77. The van der Waals surface area contributed by atoms with Crippen LogP contribution in [0.15, 0.2) is 18.2 Å². The lowest BCUT2D eigenvalue weighted by Gasteiger charge is -2.32. The van der Waals surface area contributed by atoms with Crippen molar-refractivity contribution in [1.82, 2.24) is 5.32 Å². The summed E-state index contributed by atoms with van der Waals surface area (Å²) >= 11 is 12.0. The number of carbonyl (C=O) groups excluding carboxylic acids is 2. The van der Waals surface area contributed by atoms with E-state index in [1.807, 2.05) is 13.8 Å². The maximum absolute atomic E-state index is 12.5. The average Bonchev–Trinajstić information content (AvgIpc) is 2.62. The van der Waals surface area contributed by atoms with Crippen molar-refractivity contribution >= 4 is 40.7 Å². The minimum Gasteiger partial charge on any atom is -0.351 e. The highest BCUT2D eigenvalue weighted by Crippen LogP contribution is 2.25. The summed E-state index contributed by atoms with van der Waals surface area (Å²) in [6.07, 6.45) is 0.948. The highest BCUT2D eigenvalue weighted by Gasteiger charge is 2.31. The second kappa shape index (κ2) is 10.1. The molecule has 144 valence electrons. The molecule has 1 aliphatic rings. The number of anilines is 1. The van der Waals surface area contributed by atoms with Gasteiger partial charge in [-0.15, -0.1) is 0 Å². The number of rotatable bonds is 7. The van der Waals surface area contributed by atoms with Crippen LogP contribution in [0.5, 0.6) is 0 Å². The molecule has 1 aromatic carbocycles. The molecule has 6 nitrogen and oxygen atoms in total. The molecule has 1 saturated heterocycles. The second-order valence-corrected chi connectivity index (χ2v) is 7.61. The normalized spacial score (nSPS) is 21.1. The molecule has 1 fully saturated rings. The predicted molar refractivity (Wildman–Crippen MR) is 104 cm³/mol. The van der Waals surface area contributed by atoms with Gasteiger partial charge in [0.05, 0.1) is 10.7 Å². The van der Waals surface area contributed by atoms with Crippen LogP contribution in [0.4, 0.5) is 5.69 Å². The molecule has 0 radical (unpaired) electrons. The Hall–Kier alpha value is -1.34. The Kier molecular flexibility index (Phi) is 8.15. The van der Waals surface area contributed by atoms with Gasteiger partial charge in [0.2, 0.25) is 0 Å². The van der Waals surface area contributed by atoms with Gasteiger partial charge in [-0.1, -0.05) is 30.1 Å². The Bertz CT molecular complexity index is 634. The molecule has 1 aliphatic heterocycles. The first kappa shape index (κ1) is 21.0. The van der Waals surface area contributed by atoms with Crippen LogP contribution in [0.3, 0.4) is 0 Å². The SMILES string of the molecule is CCCNC(=O)C[NH+]1CC[NH+]([C@H](C)C(=O)Nc2ccc(Cl)cc2Cl)CC1. The molecule has 8 heteroatoms. The zero-order chi connectivity index (χ0) is 19.1. The Morgan fingerprint density at radius 1 is 1.19 bits per heavy atom. The van der Waals surface area contributed by atoms with E-state index in [9.17, 15) is 9.59 Å². The van der Waals surface area contributed by atoms with Crippen LogP contribution in [0.2, 0.25) is 10.0 Å². The van der Waals surface area contributed by atoms with Crippen molar-refractivity contribution in [3.8, 4) is 0 Å². The summed E-state index contributed by atoms with van der Waals surface area (Å²) in [5, 5.41) is 6.76. The summed E-state index contributed by atoms with van der Waals surface area (Å²) in [6, 6.07) is 4.84. The van der Waals surface area contributed by atoms with E-state index in [1.54, 1.807) is 18.2 Å². The molecule has 1 aromatic rings. The molecule has 26 heavy (non-hydrogen) atoms. The van der Waals surface area contributed by atoms with Crippen molar-refractivity contribution in [3.05, 3.63) is 28.2 Å². The summed E-state index contributed by atoms with van der Waals surface area (Å²) in [4.78, 5) is 26.9. The topological polar surface area (TPSA) is 67.1 Å². The molecule has 0 bridgehead atoms. The quantitative estimate of drug-likeness (QED) is 0.502. The first-order valence-corrected chi connectivity index (χ1v) is 9.87. The number of nitrogens with one attached hydrogen (secondary N) is 4. The van der Waals surface area contributed by atoms with Crippen molar-refractivity contribution in [2.45, 2.75) is 26.3 Å². The molecule has 0 unspecified atom stereocenters. The van der Waals surface area contributed by atoms with Gasteiger partial charge in [0, 0.05) is 11.6 Å². The van der Waals surface area contributed by atoms with Crippen LogP contribution in [0.1, 0.15) is 20.3 Å². The van der Waals surface area contributed by atoms with Gasteiger partial charge in [0.1, 0.15) is 26.2 Å². The fourth-order valence-electron chi connectivity index (χ4n) is 3.11. The molecule has 0 saturated carbocycles. The van der Waals surface area contributed by atoms with E-state index in [4.69, 9.17) is 23.2 Å². The van der Waals surface area contributed by atoms with E-state index in [2.05, 4.69) is 10.6 Å². The number of quaternary nitrogens is 2. The van der Waals surface area contributed by atoms with Gasteiger partial charge < -0.3 is 20.4 Å². The average molecular weight is 403 g/mol. The number of benzene rings is 1. The molecule has 0 aromatic heterocycles. The van der Waals surface area contributed by atoms with Crippen LogP contribution in [0.25, 0.3) is 0 Å². The molecule has 2 amide bonds. The Morgan fingerprint density at radius 3 is 2.50 bits per heavy atom. The van der Waals surface area contributed by atoms with Crippen molar-refractivity contribution in [2.24, 2.45) is 0 Å². The van der Waals surface area contributed by atoms with Crippen LogP contribution in [-0.4, -0.2) is 57.1 Å². The van der Waals surface area contributed by atoms with Crippen LogP contribution < -0.4 is 20.4 Å². The molecule has 1 heterocycles. The summed E-state index contributed by atoms with van der Waals surface area (Å²) in [5.74, 6) is 0.0434. The third-order valence-corrected chi connectivity index (χ3v) is 5.32. The minimum atomic E-state index is -0.183.